The number of carbonyl (C=O) groups is 2. The van der Waals surface area contributed by atoms with E-state index in [2.05, 4.69) is 10.3 Å². The summed E-state index contributed by atoms with van der Waals surface area (Å²) < 4.78 is 4.83. The van der Waals surface area contributed by atoms with Crippen molar-refractivity contribution >= 4 is 17.6 Å². The van der Waals surface area contributed by atoms with Crippen LogP contribution in [0.1, 0.15) is 16.1 Å². The van der Waals surface area contributed by atoms with Crippen LogP contribution in [0.4, 0.5) is 5.69 Å². The average molecular weight is 269 g/mol. The Kier molecular flexibility index (Phi) is 4.14. The largest absolute Gasteiger partial charge is 0.451 e. The molecule has 1 aromatic heterocycles. The lowest BCUT2D eigenvalue weighted by atomic mass is 10.2. The molecule has 0 unspecified atom stereocenters. The van der Waals surface area contributed by atoms with Crippen molar-refractivity contribution in [3.63, 3.8) is 0 Å². The van der Waals surface area contributed by atoms with Gasteiger partial charge in [-0.25, -0.2) is 4.79 Å². The van der Waals surface area contributed by atoms with Gasteiger partial charge in [0, 0.05) is 11.9 Å². The number of amides is 1. The van der Waals surface area contributed by atoms with Gasteiger partial charge in [0.25, 0.3) is 5.91 Å². The Balaban J connectivity index is 1.83. The van der Waals surface area contributed by atoms with Gasteiger partial charge < -0.3 is 15.0 Å². The Hall–Kier alpha value is -3.07. The van der Waals surface area contributed by atoms with Gasteiger partial charge in [-0.3, -0.25) is 4.79 Å². The van der Waals surface area contributed by atoms with Crippen LogP contribution in [0.15, 0.2) is 42.6 Å². The minimum atomic E-state index is -0.593. The van der Waals surface area contributed by atoms with Crippen molar-refractivity contribution < 1.29 is 14.3 Å². The number of nitriles is 1. The first-order valence-electron chi connectivity index (χ1n) is 5.79. The second kappa shape index (κ2) is 6.20. The number of carbonyl (C=O) groups excluding carboxylic acids is 2. The number of benzene rings is 1. The smallest absolute Gasteiger partial charge is 0.355 e. The molecule has 2 rings (SSSR count). The summed E-state index contributed by atoms with van der Waals surface area (Å²) in [5, 5.41) is 11.2. The van der Waals surface area contributed by atoms with Gasteiger partial charge >= 0.3 is 5.97 Å². The molecule has 20 heavy (non-hydrogen) atoms. The maximum absolute atomic E-state index is 11.6. The number of esters is 1. The van der Waals surface area contributed by atoms with Gasteiger partial charge in [-0.2, -0.15) is 5.26 Å². The van der Waals surface area contributed by atoms with E-state index in [1.807, 2.05) is 6.07 Å². The lowest BCUT2D eigenvalue weighted by molar-refractivity contribution is -0.119. The second-order valence-corrected chi connectivity index (χ2v) is 3.90. The third-order valence-corrected chi connectivity index (χ3v) is 2.45. The topological polar surface area (TPSA) is 95.0 Å². The number of rotatable bonds is 4. The zero-order valence-electron chi connectivity index (χ0n) is 10.4. The summed E-state index contributed by atoms with van der Waals surface area (Å²) in [6.07, 6.45) is 1.59. The molecule has 0 saturated heterocycles. The summed E-state index contributed by atoms with van der Waals surface area (Å²) in [5.74, 6) is -1.04. The van der Waals surface area contributed by atoms with Crippen molar-refractivity contribution in [1.82, 2.24) is 4.98 Å². The molecule has 2 aromatic rings. The highest BCUT2D eigenvalue weighted by Gasteiger charge is 2.10. The molecule has 0 saturated carbocycles. The quantitative estimate of drug-likeness (QED) is 0.825. The summed E-state index contributed by atoms with van der Waals surface area (Å²) in [4.78, 5) is 25.7. The molecule has 100 valence electrons. The van der Waals surface area contributed by atoms with Crippen molar-refractivity contribution in [1.29, 1.82) is 5.26 Å². The number of aromatic amines is 1. The molecule has 0 aliphatic rings. The predicted molar refractivity (Wildman–Crippen MR) is 70.9 cm³/mol. The van der Waals surface area contributed by atoms with E-state index in [1.165, 1.54) is 0 Å². The molecule has 1 aromatic carbocycles. The molecule has 6 heteroatoms. The van der Waals surface area contributed by atoms with E-state index in [9.17, 15) is 9.59 Å². The van der Waals surface area contributed by atoms with Crippen molar-refractivity contribution in [3.8, 4) is 6.07 Å². The Labute approximate surface area is 115 Å². The van der Waals surface area contributed by atoms with Crippen LogP contribution >= 0.6 is 0 Å². The Morgan fingerprint density at radius 1 is 1.25 bits per heavy atom. The molecule has 0 aliphatic carbocycles. The van der Waals surface area contributed by atoms with E-state index < -0.39 is 11.9 Å². The Morgan fingerprint density at radius 3 is 2.60 bits per heavy atom. The van der Waals surface area contributed by atoms with Crippen LogP contribution in [0.3, 0.4) is 0 Å². The first kappa shape index (κ1) is 13.4. The summed E-state index contributed by atoms with van der Waals surface area (Å²) in [6.45, 7) is -0.377. The van der Waals surface area contributed by atoms with E-state index in [4.69, 9.17) is 10.00 Å². The Morgan fingerprint density at radius 2 is 2.00 bits per heavy atom. The fraction of sp³-hybridized carbons (Fsp3) is 0.0714. The van der Waals surface area contributed by atoms with Gasteiger partial charge in [0.05, 0.1) is 11.6 Å². The zero-order valence-corrected chi connectivity index (χ0v) is 10.4. The summed E-state index contributed by atoms with van der Waals surface area (Å²) in [7, 11) is 0. The standard InChI is InChI=1S/C14H11N3O3/c15-8-10-3-5-11(6-4-10)17-13(18)9-20-14(19)12-2-1-7-16-12/h1-7,16H,9H2,(H,17,18). The molecule has 0 aliphatic heterocycles. The molecule has 1 amide bonds. The van der Waals surface area contributed by atoms with Crippen LogP contribution in [-0.4, -0.2) is 23.5 Å². The molecule has 2 N–H and O–H groups in total. The zero-order chi connectivity index (χ0) is 14.4. The fourth-order valence-electron chi connectivity index (χ4n) is 1.49. The molecule has 1 heterocycles. The van der Waals surface area contributed by atoms with Gasteiger partial charge in [-0.05, 0) is 36.4 Å². The van der Waals surface area contributed by atoms with Crippen molar-refractivity contribution in [2.24, 2.45) is 0 Å². The predicted octanol–water partition coefficient (Wildman–Crippen LogP) is 1.68. The van der Waals surface area contributed by atoms with Crippen LogP contribution in [0.25, 0.3) is 0 Å². The van der Waals surface area contributed by atoms with Crippen molar-refractivity contribution in [3.05, 3.63) is 53.9 Å². The van der Waals surface area contributed by atoms with Gasteiger partial charge in [0.15, 0.2) is 6.61 Å². The molecule has 0 fully saturated rings. The number of nitrogens with zero attached hydrogens (tertiary/aromatic N) is 1. The highest BCUT2D eigenvalue weighted by Crippen LogP contribution is 2.08. The maximum atomic E-state index is 11.6. The summed E-state index contributed by atoms with van der Waals surface area (Å²) in [5.41, 5.74) is 1.32. The van der Waals surface area contributed by atoms with Crippen LogP contribution < -0.4 is 5.32 Å². The van der Waals surface area contributed by atoms with Crippen LogP contribution in [-0.2, 0) is 9.53 Å². The van der Waals surface area contributed by atoms with E-state index in [-0.39, 0.29) is 12.3 Å². The first-order chi connectivity index (χ1) is 9.69. The molecule has 0 bridgehead atoms. The number of aromatic nitrogens is 1. The van der Waals surface area contributed by atoms with E-state index in [0.717, 1.165) is 0 Å². The minimum absolute atomic E-state index is 0.288. The first-order valence-corrected chi connectivity index (χ1v) is 5.79. The second-order valence-electron chi connectivity index (χ2n) is 3.90. The van der Waals surface area contributed by atoms with Gasteiger partial charge in [0.1, 0.15) is 5.69 Å². The third kappa shape index (κ3) is 3.46. The summed E-state index contributed by atoms with van der Waals surface area (Å²) in [6, 6.07) is 11.6. The number of anilines is 1. The SMILES string of the molecule is N#Cc1ccc(NC(=O)COC(=O)c2ccc[nH]2)cc1. The third-order valence-electron chi connectivity index (χ3n) is 2.45. The van der Waals surface area contributed by atoms with Crippen molar-refractivity contribution in [2.45, 2.75) is 0 Å². The highest BCUT2D eigenvalue weighted by atomic mass is 16.5. The normalized spacial score (nSPS) is 9.55. The number of H-pyrrole nitrogens is 1. The van der Waals surface area contributed by atoms with E-state index in [1.54, 1.807) is 42.6 Å². The summed E-state index contributed by atoms with van der Waals surface area (Å²) >= 11 is 0. The minimum Gasteiger partial charge on any atom is -0.451 e. The van der Waals surface area contributed by atoms with Crippen LogP contribution in [0.5, 0.6) is 0 Å². The molecule has 0 radical (unpaired) electrons. The van der Waals surface area contributed by atoms with Gasteiger partial charge in [-0.1, -0.05) is 0 Å². The van der Waals surface area contributed by atoms with Gasteiger partial charge in [-0.15, -0.1) is 0 Å². The van der Waals surface area contributed by atoms with Crippen LogP contribution in [0, 0.1) is 11.3 Å². The monoisotopic (exact) mass is 269 g/mol. The number of nitrogens with one attached hydrogen (secondary N) is 2. The number of hydrogen-bond acceptors (Lipinski definition) is 4. The van der Waals surface area contributed by atoms with Gasteiger partial charge in [0.2, 0.25) is 0 Å². The molecular formula is C14H11N3O3. The molecule has 0 atom stereocenters. The molecule has 6 nitrogen and oxygen atoms in total. The number of hydrogen-bond donors (Lipinski definition) is 2. The van der Waals surface area contributed by atoms with E-state index in [0.29, 0.717) is 11.3 Å². The van der Waals surface area contributed by atoms with Crippen LogP contribution in [0.2, 0.25) is 0 Å². The highest BCUT2D eigenvalue weighted by molar-refractivity contribution is 5.94. The maximum Gasteiger partial charge on any atom is 0.355 e. The lowest BCUT2D eigenvalue weighted by Crippen LogP contribution is -2.21. The van der Waals surface area contributed by atoms with E-state index >= 15 is 0 Å². The van der Waals surface area contributed by atoms with Crippen molar-refractivity contribution in [2.75, 3.05) is 11.9 Å². The number of ether oxygens (including phenoxy) is 1. The molecular weight excluding hydrogens is 258 g/mol. The average Bonchev–Trinajstić information content (AvgIpc) is 3.00. The fourth-order valence-corrected chi connectivity index (χ4v) is 1.49. The Bertz CT molecular complexity index is 639. The molecule has 0 spiro atoms. The lowest BCUT2D eigenvalue weighted by Gasteiger charge is -2.05.